The number of aryl methyl sites for hydroxylation is 1. The molecule has 0 spiro atoms. The van der Waals surface area contributed by atoms with Gasteiger partial charge in [0.1, 0.15) is 0 Å². The lowest BCUT2D eigenvalue weighted by molar-refractivity contribution is 0.102. The molecule has 0 bridgehead atoms. The van der Waals surface area contributed by atoms with E-state index in [9.17, 15) is 4.79 Å². The highest BCUT2D eigenvalue weighted by atomic mass is 16.3. The van der Waals surface area contributed by atoms with E-state index in [-0.39, 0.29) is 7.33 Å². The fourth-order valence-electron chi connectivity index (χ4n) is 2.07. The van der Waals surface area contributed by atoms with Crippen LogP contribution in [0.2, 0.25) is 0 Å². The molecule has 0 fully saturated rings. The van der Waals surface area contributed by atoms with E-state index in [1.165, 1.54) is 12.0 Å². The number of hydrogen-bond acceptors (Lipinski definition) is 3. The maximum absolute atomic E-state index is 12.1. The molecule has 0 aliphatic heterocycles. The molecule has 0 aliphatic rings. The van der Waals surface area contributed by atoms with Crippen molar-refractivity contribution in [1.29, 1.82) is 0 Å². The molecular weight excluding hydrogens is 336 g/mol. The molecule has 0 saturated heterocycles. The van der Waals surface area contributed by atoms with Gasteiger partial charge in [-0.3, -0.25) is 4.79 Å². The first-order chi connectivity index (χ1) is 13.0. The third-order valence-corrected chi connectivity index (χ3v) is 3.14. The summed E-state index contributed by atoms with van der Waals surface area (Å²) in [6, 6.07) is 14.9. The van der Waals surface area contributed by atoms with E-state index < -0.39 is 0 Å². The van der Waals surface area contributed by atoms with Gasteiger partial charge < -0.3 is 9.73 Å². The van der Waals surface area contributed by atoms with Gasteiger partial charge in [-0.05, 0) is 57.2 Å². The summed E-state index contributed by atoms with van der Waals surface area (Å²) in [5.41, 5.74) is 4.53. The highest BCUT2D eigenvalue weighted by Crippen LogP contribution is 2.21. The third-order valence-electron chi connectivity index (χ3n) is 3.14. The number of oxazole rings is 1. The van der Waals surface area contributed by atoms with E-state index in [2.05, 4.69) is 16.9 Å². The molecule has 0 radical (unpaired) electrons. The monoisotopic (exact) mass is 366 g/mol. The van der Waals surface area contributed by atoms with Crippen LogP contribution < -0.4 is 5.32 Å². The molecule has 3 aromatic rings. The minimum Gasteiger partial charge on any atom is -0.444 e. The van der Waals surface area contributed by atoms with Crippen LogP contribution in [-0.2, 0) is 0 Å². The van der Waals surface area contributed by atoms with Crippen LogP contribution in [0.25, 0.3) is 11.3 Å². The number of allylic oxidation sites excluding steroid dienone is 1. The van der Waals surface area contributed by atoms with Crippen molar-refractivity contribution in [2.45, 2.75) is 34.6 Å². The quantitative estimate of drug-likeness (QED) is 0.521. The summed E-state index contributed by atoms with van der Waals surface area (Å²) in [7, 11) is 0. The summed E-state index contributed by atoms with van der Waals surface area (Å²) in [5, 5.41) is 2.87. The maximum Gasteiger partial charge on any atom is 0.255 e. The summed E-state index contributed by atoms with van der Waals surface area (Å²) in [4.78, 5) is 16.0. The van der Waals surface area contributed by atoms with Crippen LogP contribution in [0.15, 0.2) is 77.7 Å². The van der Waals surface area contributed by atoms with Crippen LogP contribution in [0.3, 0.4) is 0 Å². The molecular formula is C23H30N2O2. The van der Waals surface area contributed by atoms with Crippen LogP contribution >= 0.6 is 0 Å². The Morgan fingerprint density at radius 1 is 1.11 bits per heavy atom. The largest absolute Gasteiger partial charge is 0.444 e. The second kappa shape index (κ2) is 11.5. The molecule has 4 heteroatoms. The van der Waals surface area contributed by atoms with Gasteiger partial charge in [-0.15, -0.1) is 6.58 Å². The Balaban J connectivity index is 0.000000931. The normalized spacial score (nSPS) is 9.22. The van der Waals surface area contributed by atoms with Gasteiger partial charge in [0.2, 0.25) is 0 Å². The number of carbonyl (C=O) groups excluding carboxylic acids is 1. The number of nitrogens with one attached hydrogen (secondary N) is 1. The van der Waals surface area contributed by atoms with E-state index in [0.29, 0.717) is 11.3 Å². The van der Waals surface area contributed by atoms with Gasteiger partial charge in [0.15, 0.2) is 12.2 Å². The minimum atomic E-state index is -0.119. The summed E-state index contributed by atoms with van der Waals surface area (Å²) in [6.07, 6.45) is 3.04. The fraction of sp³-hybridized carbons (Fsp3) is 0.217. The van der Waals surface area contributed by atoms with E-state index >= 15 is 0 Å². The highest BCUT2D eigenvalue weighted by molar-refractivity contribution is 6.04. The predicted molar refractivity (Wildman–Crippen MR) is 115 cm³/mol. The first-order valence-corrected chi connectivity index (χ1v) is 8.95. The van der Waals surface area contributed by atoms with Crippen LogP contribution in [0.5, 0.6) is 0 Å². The second-order valence-electron chi connectivity index (χ2n) is 5.97. The van der Waals surface area contributed by atoms with Gasteiger partial charge in [0.25, 0.3) is 5.91 Å². The molecule has 4 nitrogen and oxygen atoms in total. The van der Waals surface area contributed by atoms with Crippen molar-refractivity contribution in [3.8, 4) is 11.3 Å². The summed E-state index contributed by atoms with van der Waals surface area (Å²) < 4.78 is 5.22. The maximum atomic E-state index is 12.1. The number of anilines is 1. The summed E-state index contributed by atoms with van der Waals surface area (Å²) in [5.74, 6) is 0.581. The third kappa shape index (κ3) is 7.74. The van der Waals surface area contributed by atoms with Gasteiger partial charge in [0.05, 0.1) is 6.20 Å². The molecule has 1 N–H and O–H groups in total. The Hall–Kier alpha value is -3.14. The molecule has 0 saturated carbocycles. The van der Waals surface area contributed by atoms with Crippen molar-refractivity contribution in [1.82, 2.24) is 4.98 Å². The van der Waals surface area contributed by atoms with Crippen molar-refractivity contribution in [2.24, 2.45) is 0 Å². The van der Waals surface area contributed by atoms with Crippen molar-refractivity contribution in [2.75, 3.05) is 5.32 Å². The molecule has 1 amide bonds. The molecule has 0 unspecified atom stereocenters. The average molecular weight is 367 g/mol. The number of amides is 1. The number of carbonyl (C=O) groups is 1. The first-order valence-electron chi connectivity index (χ1n) is 8.95. The lowest BCUT2D eigenvalue weighted by Gasteiger charge is -2.06. The number of benzene rings is 2. The Labute approximate surface area is 163 Å². The topological polar surface area (TPSA) is 55.1 Å². The highest BCUT2D eigenvalue weighted by Gasteiger charge is 2.07. The van der Waals surface area contributed by atoms with Gasteiger partial charge in [0, 0.05) is 18.2 Å². The van der Waals surface area contributed by atoms with Crippen molar-refractivity contribution in [3.05, 3.63) is 84.4 Å². The van der Waals surface area contributed by atoms with Crippen molar-refractivity contribution < 1.29 is 10.6 Å². The number of rotatable bonds is 3. The van der Waals surface area contributed by atoms with Crippen molar-refractivity contribution in [3.63, 3.8) is 0 Å². The Morgan fingerprint density at radius 3 is 2.26 bits per heavy atom. The van der Waals surface area contributed by atoms with E-state index in [1.54, 1.807) is 12.3 Å². The van der Waals surface area contributed by atoms with Crippen LogP contribution in [0, 0.1) is 6.92 Å². The second-order valence-corrected chi connectivity index (χ2v) is 5.97. The van der Waals surface area contributed by atoms with Crippen molar-refractivity contribution >= 4 is 11.6 Å². The molecule has 144 valence electrons. The lowest BCUT2D eigenvalue weighted by Crippen LogP contribution is -2.11. The smallest absolute Gasteiger partial charge is 0.255 e. The lowest BCUT2D eigenvalue weighted by atomic mass is 10.1. The number of aromatic nitrogens is 1. The molecule has 0 atom stereocenters. The van der Waals surface area contributed by atoms with Crippen LogP contribution in [0.4, 0.5) is 5.69 Å². The predicted octanol–water partition coefficient (Wildman–Crippen LogP) is 6.76. The number of hydrogen-bond donors (Lipinski definition) is 1. The van der Waals surface area contributed by atoms with Gasteiger partial charge in [-0.25, -0.2) is 4.98 Å². The van der Waals surface area contributed by atoms with Crippen LogP contribution in [0.1, 0.15) is 45.0 Å². The Bertz CT molecular complexity index is 837. The zero-order valence-electron chi connectivity index (χ0n) is 16.7. The fourth-order valence-corrected chi connectivity index (χ4v) is 2.07. The Morgan fingerprint density at radius 2 is 1.74 bits per heavy atom. The number of nitrogens with zero attached hydrogens (tertiary/aromatic N) is 1. The summed E-state index contributed by atoms with van der Waals surface area (Å²) in [6.45, 7) is 13.5. The zero-order valence-corrected chi connectivity index (χ0v) is 16.7. The molecule has 2 aromatic carbocycles. The van der Waals surface area contributed by atoms with Gasteiger partial charge in [-0.2, -0.15) is 0 Å². The van der Waals surface area contributed by atoms with E-state index in [0.717, 1.165) is 16.8 Å². The van der Waals surface area contributed by atoms with Gasteiger partial charge >= 0.3 is 0 Å². The van der Waals surface area contributed by atoms with E-state index in [1.807, 2.05) is 77.1 Å². The van der Waals surface area contributed by atoms with Gasteiger partial charge in [-0.1, -0.05) is 37.1 Å². The van der Waals surface area contributed by atoms with Crippen LogP contribution in [-0.4, -0.2) is 10.9 Å². The SMILES string of the molecule is C=C(C)C.CC.Cc1cccc(C(=O)Nc2ccc(-c3cnco3)cc2)c1.[HH]. The zero-order chi connectivity index (χ0) is 20.2. The molecule has 27 heavy (non-hydrogen) atoms. The molecule has 3 rings (SSSR count). The average Bonchev–Trinajstić information content (AvgIpc) is 3.18. The summed E-state index contributed by atoms with van der Waals surface area (Å²) >= 11 is 0. The first kappa shape index (κ1) is 21.9. The molecule has 0 aliphatic carbocycles. The Kier molecular flexibility index (Phi) is 9.30. The standard InChI is InChI=1S/C17H14N2O2.C4H8.C2H6.H2/c1-12-3-2-4-14(9-12)17(20)19-15-7-5-13(6-8-15)16-10-18-11-21-16;1-4(2)3;1-2;/h2-11H,1H3,(H,19,20);1H2,2-3H3;1-2H3;1H. The minimum absolute atomic E-state index is 0. The molecule has 1 heterocycles. The van der Waals surface area contributed by atoms with E-state index in [4.69, 9.17) is 4.42 Å². The molecule has 1 aromatic heterocycles.